The Morgan fingerprint density at radius 2 is 2.05 bits per heavy atom. The fraction of sp³-hybridized carbons (Fsp3) is 0.467. The van der Waals surface area contributed by atoms with Crippen LogP contribution >= 0.6 is 0 Å². The minimum Gasteiger partial charge on any atom is -0.392 e. The van der Waals surface area contributed by atoms with Crippen LogP contribution in [-0.2, 0) is 0 Å². The second kappa shape index (κ2) is 5.34. The second-order valence-corrected chi connectivity index (χ2v) is 5.52. The molecule has 2 atom stereocenters. The lowest BCUT2D eigenvalue weighted by molar-refractivity contribution is 0.150. The van der Waals surface area contributed by atoms with E-state index in [0.717, 1.165) is 5.56 Å². The molecule has 0 spiro atoms. The summed E-state index contributed by atoms with van der Waals surface area (Å²) in [6.45, 7) is 4.88. The molecule has 0 bridgehead atoms. The number of aliphatic hydroxyl groups excluding tert-OH is 1. The number of benzene rings is 1. The molecule has 3 rings (SSSR count). The highest BCUT2D eigenvalue weighted by Gasteiger charge is 2.37. The van der Waals surface area contributed by atoms with E-state index in [1.165, 1.54) is 0 Å². The molecule has 2 aromatic rings. The van der Waals surface area contributed by atoms with Crippen molar-refractivity contribution in [3.05, 3.63) is 36.2 Å². The molecular weight excluding hydrogens is 254 g/mol. The Kier molecular flexibility index (Phi) is 3.54. The van der Waals surface area contributed by atoms with E-state index in [9.17, 15) is 5.11 Å². The molecular formula is C15H19N3O2. The Balaban J connectivity index is 1.86. The van der Waals surface area contributed by atoms with Crippen LogP contribution in [0.4, 0.5) is 0 Å². The van der Waals surface area contributed by atoms with Gasteiger partial charge >= 0.3 is 0 Å². The fourth-order valence-corrected chi connectivity index (χ4v) is 2.73. The largest absolute Gasteiger partial charge is 0.392 e. The average Bonchev–Trinajstić information content (AvgIpc) is 3.06. The Bertz CT molecular complexity index is 568. The van der Waals surface area contributed by atoms with E-state index in [4.69, 9.17) is 4.52 Å². The lowest BCUT2D eigenvalue weighted by atomic mass is 10.2. The topological polar surface area (TPSA) is 62.4 Å². The number of hydrogen-bond donors (Lipinski definition) is 1. The standard InChI is InChI=1S/C15H19N3O2/c1-10(2)18-9-12(19)8-13(18)15-16-14(17-20-15)11-6-4-3-5-7-11/h3-7,10,12-13,19H,8-9H2,1-2H3. The van der Waals surface area contributed by atoms with E-state index < -0.39 is 0 Å². The van der Waals surface area contributed by atoms with Gasteiger partial charge in [-0.1, -0.05) is 35.5 Å². The predicted molar refractivity (Wildman–Crippen MR) is 74.9 cm³/mol. The van der Waals surface area contributed by atoms with Crippen molar-refractivity contribution in [3.63, 3.8) is 0 Å². The number of likely N-dealkylation sites (tertiary alicyclic amines) is 1. The molecule has 0 aliphatic carbocycles. The smallest absolute Gasteiger partial charge is 0.244 e. The van der Waals surface area contributed by atoms with Gasteiger partial charge in [0, 0.05) is 18.2 Å². The normalized spacial score (nSPS) is 23.6. The lowest BCUT2D eigenvalue weighted by Crippen LogP contribution is -2.31. The van der Waals surface area contributed by atoms with Crippen molar-refractivity contribution >= 4 is 0 Å². The van der Waals surface area contributed by atoms with Crippen molar-refractivity contribution in [2.45, 2.75) is 38.5 Å². The molecule has 1 aliphatic rings. The fourth-order valence-electron chi connectivity index (χ4n) is 2.73. The van der Waals surface area contributed by atoms with E-state index in [1.54, 1.807) is 0 Å². The first-order valence-electron chi connectivity index (χ1n) is 6.98. The molecule has 0 saturated carbocycles. The van der Waals surface area contributed by atoms with Crippen molar-refractivity contribution < 1.29 is 9.63 Å². The van der Waals surface area contributed by atoms with Crippen LogP contribution in [0.5, 0.6) is 0 Å². The van der Waals surface area contributed by atoms with Crippen LogP contribution < -0.4 is 0 Å². The molecule has 2 unspecified atom stereocenters. The molecule has 1 aromatic carbocycles. The first kappa shape index (κ1) is 13.3. The van der Waals surface area contributed by atoms with Crippen LogP contribution in [0, 0.1) is 0 Å². The summed E-state index contributed by atoms with van der Waals surface area (Å²) >= 11 is 0. The van der Waals surface area contributed by atoms with Gasteiger partial charge in [0.2, 0.25) is 11.7 Å². The van der Waals surface area contributed by atoms with Crippen molar-refractivity contribution in [3.8, 4) is 11.4 Å². The third kappa shape index (κ3) is 2.46. The Morgan fingerprint density at radius 1 is 1.30 bits per heavy atom. The van der Waals surface area contributed by atoms with Crippen molar-refractivity contribution in [2.24, 2.45) is 0 Å². The molecule has 1 aliphatic heterocycles. The number of rotatable bonds is 3. The van der Waals surface area contributed by atoms with E-state index in [1.807, 2.05) is 30.3 Å². The maximum atomic E-state index is 9.87. The Labute approximate surface area is 118 Å². The van der Waals surface area contributed by atoms with Crippen LogP contribution in [0.3, 0.4) is 0 Å². The van der Waals surface area contributed by atoms with Gasteiger partial charge < -0.3 is 9.63 Å². The molecule has 106 valence electrons. The highest BCUT2D eigenvalue weighted by atomic mass is 16.5. The molecule has 20 heavy (non-hydrogen) atoms. The molecule has 1 aromatic heterocycles. The summed E-state index contributed by atoms with van der Waals surface area (Å²) in [5, 5.41) is 13.9. The van der Waals surface area contributed by atoms with Crippen molar-refractivity contribution in [1.82, 2.24) is 15.0 Å². The summed E-state index contributed by atoms with van der Waals surface area (Å²) in [7, 11) is 0. The molecule has 2 heterocycles. The van der Waals surface area contributed by atoms with Crippen LogP contribution in [0.15, 0.2) is 34.9 Å². The zero-order chi connectivity index (χ0) is 14.1. The number of hydrogen-bond acceptors (Lipinski definition) is 5. The van der Waals surface area contributed by atoms with Gasteiger partial charge in [-0.3, -0.25) is 4.90 Å². The SMILES string of the molecule is CC(C)N1CC(O)CC1c1nc(-c2ccccc2)no1. The van der Waals surface area contributed by atoms with Gasteiger partial charge in [-0.2, -0.15) is 4.98 Å². The van der Waals surface area contributed by atoms with Crippen LogP contribution in [0.2, 0.25) is 0 Å². The molecule has 1 N–H and O–H groups in total. The van der Waals surface area contributed by atoms with E-state index >= 15 is 0 Å². The first-order chi connectivity index (χ1) is 9.65. The third-order valence-corrected chi connectivity index (χ3v) is 3.74. The van der Waals surface area contributed by atoms with E-state index in [2.05, 4.69) is 28.9 Å². The monoisotopic (exact) mass is 273 g/mol. The minimum absolute atomic E-state index is 0.00922. The lowest BCUT2D eigenvalue weighted by Gasteiger charge is -2.25. The second-order valence-electron chi connectivity index (χ2n) is 5.52. The predicted octanol–water partition coefficient (Wildman–Crippen LogP) is 2.25. The number of β-amino-alcohol motifs (C(OH)–C–C–N with tert-alkyl or cyclic N) is 1. The summed E-state index contributed by atoms with van der Waals surface area (Å²) in [5.41, 5.74) is 0.942. The average molecular weight is 273 g/mol. The summed E-state index contributed by atoms with van der Waals surface area (Å²) < 4.78 is 5.42. The van der Waals surface area contributed by atoms with Gasteiger partial charge in [0.15, 0.2) is 0 Å². The third-order valence-electron chi connectivity index (χ3n) is 3.74. The number of aliphatic hydroxyl groups is 1. The van der Waals surface area contributed by atoms with Crippen LogP contribution in [0.25, 0.3) is 11.4 Å². The Morgan fingerprint density at radius 3 is 2.75 bits per heavy atom. The minimum atomic E-state index is -0.325. The molecule has 5 heteroatoms. The van der Waals surface area contributed by atoms with Gasteiger partial charge in [0.05, 0.1) is 12.1 Å². The van der Waals surface area contributed by atoms with E-state index in [-0.39, 0.29) is 12.1 Å². The zero-order valence-electron chi connectivity index (χ0n) is 11.7. The highest BCUT2D eigenvalue weighted by Crippen LogP contribution is 2.33. The summed E-state index contributed by atoms with van der Waals surface area (Å²) in [6, 6.07) is 10.1. The maximum absolute atomic E-state index is 9.87. The van der Waals surface area contributed by atoms with Gasteiger partial charge in [-0.25, -0.2) is 0 Å². The molecule has 0 amide bonds. The van der Waals surface area contributed by atoms with Crippen molar-refractivity contribution in [1.29, 1.82) is 0 Å². The van der Waals surface area contributed by atoms with Crippen LogP contribution in [0.1, 0.15) is 32.2 Å². The summed E-state index contributed by atoms with van der Waals surface area (Å²) in [5.74, 6) is 1.19. The highest BCUT2D eigenvalue weighted by molar-refractivity contribution is 5.53. The molecule has 1 fully saturated rings. The zero-order valence-corrected chi connectivity index (χ0v) is 11.7. The maximum Gasteiger partial charge on any atom is 0.244 e. The number of nitrogens with zero attached hydrogens (tertiary/aromatic N) is 3. The van der Waals surface area contributed by atoms with Gasteiger partial charge in [0.25, 0.3) is 0 Å². The molecule has 1 saturated heterocycles. The van der Waals surface area contributed by atoms with Gasteiger partial charge in [0.1, 0.15) is 0 Å². The Hall–Kier alpha value is -1.72. The van der Waals surface area contributed by atoms with Crippen LogP contribution in [-0.4, -0.2) is 38.8 Å². The van der Waals surface area contributed by atoms with Gasteiger partial charge in [-0.05, 0) is 20.3 Å². The molecule has 0 radical (unpaired) electrons. The quantitative estimate of drug-likeness (QED) is 0.929. The number of aromatic nitrogens is 2. The van der Waals surface area contributed by atoms with Gasteiger partial charge in [-0.15, -0.1) is 0 Å². The summed E-state index contributed by atoms with van der Waals surface area (Å²) in [4.78, 5) is 6.70. The molecule has 5 nitrogen and oxygen atoms in total. The first-order valence-corrected chi connectivity index (χ1v) is 6.98. The summed E-state index contributed by atoms with van der Waals surface area (Å²) in [6.07, 6.45) is 0.323. The van der Waals surface area contributed by atoms with E-state index in [0.29, 0.717) is 30.7 Å². The van der Waals surface area contributed by atoms with Crippen molar-refractivity contribution in [2.75, 3.05) is 6.54 Å².